The summed E-state index contributed by atoms with van der Waals surface area (Å²) in [6.07, 6.45) is 4.77. The monoisotopic (exact) mass is 254 g/mol. The Hall–Kier alpha value is -0.980. The highest BCUT2D eigenvalue weighted by Gasteiger charge is 2.45. The maximum Gasteiger partial charge on any atom is 0.245 e. The molecule has 0 radical (unpaired) electrons. The summed E-state index contributed by atoms with van der Waals surface area (Å²) in [4.78, 5) is 4.16. The molecule has 1 aromatic heterocycles. The quantitative estimate of drug-likeness (QED) is 0.777. The molecule has 0 aliphatic carbocycles. The fraction of sp³-hybridized carbons (Fsp3) is 0.545. The number of aromatic nitrogens is 1. The van der Waals surface area contributed by atoms with E-state index >= 15 is 0 Å². The van der Waals surface area contributed by atoms with Gasteiger partial charge in [-0.15, -0.1) is 0 Å². The molecule has 3 heterocycles. The molecule has 0 aromatic carbocycles. The first kappa shape index (κ1) is 11.1. The van der Waals surface area contributed by atoms with Crippen molar-refractivity contribution in [1.29, 1.82) is 0 Å². The number of pyridine rings is 1. The van der Waals surface area contributed by atoms with Crippen molar-refractivity contribution in [2.24, 2.45) is 0 Å². The lowest BCUT2D eigenvalue weighted by Gasteiger charge is -2.33. The minimum absolute atomic E-state index is 0.000967. The average Bonchev–Trinajstić information content (AvgIpc) is 2.62. The SMILES string of the molecule is O=S(=O)(c1cccnc1)N1C2CCC1COC2. The summed E-state index contributed by atoms with van der Waals surface area (Å²) >= 11 is 0. The van der Waals surface area contributed by atoms with Gasteiger partial charge in [0, 0.05) is 24.5 Å². The highest BCUT2D eigenvalue weighted by molar-refractivity contribution is 7.89. The highest BCUT2D eigenvalue weighted by Crippen LogP contribution is 2.33. The molecule has 0 saturated carbocycles. The van der Waals surface area contributed by atoms with Gasteiger partial charge in [0.15, 0.2) is 0 Å². The predicted molar refractivity (Wildman–Crippen MR) is 60.9 cm³/mol. The van der Waals surface area contributed by atoms with Crippen LogP contribution in [0.2, 0.25) is 0 Å². The summed E-state index contributed by atoms with van der Waals surface area (Å²) in [5, 5.41) is 0. The Bertz CT molecular complexity index is 487. The molecule has 17 heavy (non-hydrogen) atoms. The summed E-state index contributed by atoms with van der Waals surface area (Å²) in [6.45, 7) is 1.02. The minimum Gasteiger partial charge on any atom is -0.378 e. The van der Waals surface area contributed by atoms with Gasteiger partial charge in [-0.3, -0.25) is 4.98 Å². The zero-order chi connectivity index (χ0) is 11.9. The molecule has 92 valence electrons. The summed E-state index contributed by atoms with van der Waals surface area (Å²) in [7, 11) is -3.41. The topological polar surface area (TPSA) is 59.5 Å². The van der Waals surface area contributed by atoms with Crippen molar-refractivity contribution >= 4 is 10.0 Å². The van der Waals surface area contributed by atoms with E-state index in [2.05, 4.69) is 4.98 Å². The minimum atomic E-state index is -3.41. The van der Waals surface area contributed by atoms with Gasteiger partial charge in [0.2, 0.25) is 10.0 Å². The molecule has 1 aromatic rings. The van der Waals surface area contributed by atoms with E-state index in [0.717, 1.165) is 12.8 Å². The van der Waals surface area contributed by atoms with Crippen LogP contribution >= 0.6 is 0 Å². The van der Waals surface area contributed by atoms with E-state index in [1.165, 1.54) is 6.20 Å². The van der Waals surface area contributed by atoms with Crippen molar-refractivity contribution in [3.05, 3.63) is 24.5 Å². The van der Waals surface area contributed by atoms with Crippen LogP contribution in [0.3, 0.4) is 0 Å². The van der Waals surface area contributed by atoms with E-state index in [9.17, 15) is 8.42 Å². The van der Waals surface area contributed by atoms with Crippen LogP contribution in [0.4, 0.5) is 0 Å². The molecule has 2 saturated heterocycles. The van der Waals surface area contributed by atoms with Crippen LogP contribution in [0.25, 0.3) is 0 Å². The standard InChI is InChI=1S/C11H14N2O3S/c14-17(15,11-2-1-5-12-6-11)13-9-3-4-10(13)8-16-7-9/h1-2,5-6,9-10H,3-4,7-8H2. The number of morpholine rings is 1. The maximum atomic E-state index is 12.5. The molecule has 0 spiro atoms. The zero-order valence-electron chi connectivity index (χ0n) is 9.32. The molecule has 0 amide bonds. The van der Waals surface area contributed by atoms with Crippen LogP contribution in [0.15, 0.2) is 29.4 Å². The Balaban J connectivity index is 1.99. The van der Waals surface area contributed by atoms with Crippen molar-refractivity contribution in [1.82, 2.24) is 9.29 Å². The first-order valence-electron chi connectivity index (χ1n) is 5.71. The van der Waals surface area contributed by atoms with Crippen LogP contribution in [0.5, 0.6) is 0 Å². The lowest BCUT2D eigenvalue weighted by Crippen LogP contribution is -2.48. The van der Waals surface area contributed by atoms with E-state index in [-0.39, 0.29) is 17.0 Å². The highest BCUT2D eigenvalue weighted by atomic mass is 32.2. The maximum absolute atomic E-state index is 12.5. The molecule has 5 nitrogen and oxygen atoms in total. The summed E-state index contributed by atoms with van der Waals surface area (Å²) in [6, 6.07) is 3.24. The molecule has 3 rings (SSSR count). The normalized spacial score (nSPS) is 29.4. The molecular weight excluding hydrogens is 240 g/mol. The second kappa shape index (κ2) is 4.04. The molecule has 2 atom stereocenters. The molecular formula is C11H14N2O3S. The number of ether oxygens (including phenoxy) is 1. The van der Waals surface area contributed by atoms with Crippen LogP contribution in [0.1, 0.15) is 12.8 Å². The van der Waals surface area contributed by atoms with Gasteiger partial charge in [0.1, 0.15) is 4.90 Å². The molecule has 2 bridgehead atoms. The Labute approximate surface area is 100 Å². The van der Waals surface area contributed by atoms with E-state index in [1.807, 2.05) is 0 Å². The van der Waals surface area contributed by atoms with Crippen molar-refractivity contribution in [3.8, 4) is 0 Å². The molecule has 2 unspecified atom stereocenters. The number of sulfonamides is 1. The van der Waals surface area contributed by atoms with E-state index in [4.69, 9.17) is 4.74 Å². The molecule has 2 aliphatic heterocycles. The predicted octanol–water partition coefficient (Wildman–Crippen LogP) is 0.633. The Kier molecular flexibility index (Phi) is 2.65. The van der Waals surface area contributed by atoms with Crippen LogP contribution in [0, 0.1) is 0 Å². The summed E-state index contributed by atoms with van der Waals surface area (Å²) < 4.78 is 32.0. The first-order valence-corrected chi connectivity index (χ1v) is 7.15. The fourth-order valence-corrected chi connectivity index (χ4v) is 4.41. The second-order valence-electron chi connectivity index (χ2n) is 4.45. The zero-order valence-corrected chi connectivity index (χ0v) is 10.1. The first-order chi connectivity index (χ1) is 8.19. The van der Waals surface area contributed by atoms with Gasteiger partial charge in [-0.1, -0.05) is 0 Å². The van der Waals surface area contributed by atoms with Crippen LogP contribution in [-0.4, -0.2) is 43.0 Å². The Morgan fingerprint density at radius 3 is 2.59 bits per heavy atom. The van der Waals surface area contributed by atoms with Crippen molar-refractivity contribution in [2.45, 2.75) is 29.8 Å². The van der Waals surface area contributed by atoms with Crippen molar-refractivity contribution in [2.75, 3.05) is 13.2 Å². The Morgan fingerprint density at radius 2 is 2.00 bits per heavy atom. The van der Waals surface area contributed by atoms with Gasteiger partial charge in [-0.25, -0.2) is 8.42 Å². The van der Waals surface area contributed by atoms with Crippen LogP contribution in [-0.2, 0) is 14.8 Å². The number of hydrogen-bond donors (Lipinski definition) is 0. The van der Waals surface area contributed by atoms with E-state index < -0.39 is 10.0 Å². The smallest absolute Gasteiger partial charge is 0.245 e. The summed E-state index contributed by atoms with van der Waals surface area (Å²) in [5.41, 5.74) is 0. The largest absolute Gasteiger partial charge is 0.378 e. The van der Waals surface area contributed by atoms with Crippen LogP contribution < -0.4 is 0 Å². The molecule has 6 heteroatoms. The fourth-order valence-electron chi connectivity index (χ4n) is 2.61. The van der Waals surface area contributed by atoms with Gasteiger partial charge in [0.05, 0.1) is 13.2 Å². The number of rotatable bonds is 2. The van der Waals surface area contributed by atoms with E-state index in [1.54, 1.807) is 22.6 Å². The lowest BCUT2D eigenvalue weighted by molar-refractivity contribution is 0.0269. The number of hydrogen-bond acceptors (Lipinski definition) is 4. The van der Waals surface area contributed by atoms with Gasteiger partial charge >= 0.3 is 0 Å². The average molecular weight is 254 g/mol. The molecule has 2 fully saturated rings. The Morgan fingerprint density at radius 1 is 1.29 bits per heavy atom. The van der Waals surface area contributed by atoms with Gasteiger partial charge in [0.25, 0.3) is 0 Å². The van der Waals surface area contributed by atoms with Gasteiger partial charge in [-0.05, 0) is 25.0 Å². The molecule has 2 aliphatic rings. The van der Waals surface area contributed by atoms with Crippen molar-refractivity contribution < 1.29 is 13.2 Å². The lowest BCUT2D eigenvalue weighted by atomic mass is 10.2. The number of fused-ring (bicyclic) bond motifs is 2. The van der Waals surface area contributed by atoms with Gasteiger partial charge in [-0.2, -0.15) is 4.31 Å². The third kappa shape index (κ3) is 1.76. The van der Waals surface area contributed by atoms with E-state index in [0.29, 0.717) is 13.2 Å². The molecule has 0 N–H and O–H groups in total. The van der Waals surface area contributed by atoms with Gasteiger partial charge < -0.3 is 4.74 Å². The second-order valence-corrected chi connectivity index (χ2v) is 6.29. The third-order valence-corrected chi connectivity index (χ3v) is 5.37. The number of nitrogens with zero attached hydrogens (tertiary/aromatic N) is 2. The third-order valence-electron chi connectivity index (χ3n) is 3.38. The van der Waals surface area contributed by atoms with Crippen molar-refractivity contribution in [3.63, 3.8) is 0 Å². The summed E-state index contributed by atoms with van der Waals surface area (Å²) in [5.74, 6) is 0.